The highest BCUT2D eigenvalue weighted by atomic mass is 16.6. The van der Waals surface area contributed by atoms with Gasteiger partial charge in [0, 0.05) is 12.1 Å². The van der Waals surface area contributed by atoms with Crippen molar-refractivity contribution in [3.05, 3.63) is 77.5 Å². The van der Waals surface area contributed by atoms with Crippen LogP contribution in [-0.4, -0.2) is 17.8 Å². The summed E-state index contributed by atoms with van der Waals surface area (Å²) in [6.45, 7) is 4.09. The van der Waals surface area contributed by atoms with Gasteiger partial charge in [-0.25, -0.2) is 4.79 Å². The molecule has 1 aliphatic rings. The molecule has 2 atom stereocenters. The lowest BCUT2D eigenvalue weighted by Crippen LogP contribution is -2.30. The molecule has 0 bridgehead atoms. The van der Waals surface area contributed by atoms with Gasteiger partial charge in [-0.1, -0.05) is 48.5 Å². The van der Waals surface area contributed by atoms with E-state index in [1.165, 1.54) is 4.90 Å². The molecule has 0 fully saturated rings. The fourth-order valence-electron chi connectivity index (χ4n) is 3.09. The minimum absolute atomic E-state index is 0.215. The average molecular weight is 323 g/mol. The first-order valence-corrected chi connectivity index (χ1v) is 8.10. The largest absolute Gasteiger partial charge is 0.449 e. The molecule has 4 nitrogen and oxygen atoms in total. The number of carbonyl (C=O) groups is 1. The predicted molar refractivity (Wildman–Crippen MR) is 94.0 cm³/mol. The Bertz CT molecular complexity index is 769. The molecule has 0 radical (unpaired) electrons. The Morgan fingerprint density at radius 3 is 2.67 bits per heavy atom. The summed E-state index contributed by atoms with van der Waals surface area (Å²) in [6.07, 6.45) is 2.46. The molecule has 124 valence electrons. The molecular formula is C20H21NO3. The van der Waals surface area contributed by atoms with Crippen molar-refractivity contribution >= 4 is 11.8 Å². The Balaban J connectivity index is 1.99. The van der Waals surface area contributed by atoms with Crippen molar-refractivity contribution in [1.82, 2.24) is 0 Å². The molecule has 2 aromatic rings. The van der Waals surface area contributed by atoms with Gasteiger partial charge in [-0.15, -0.1) is 0 Å². The predicted octanol–water partition coefficient (Wildman–Crippen LogP) is 4.30. The Labute approximate surface area is 142 Å². The minimum atomic E-state index is -0.673. The van der Waals surface area contributed by atoms with Crippen molar-refractivity contribution in [1.29, 1.82) is 0 Å². The minimum Gasteiger partial charge on any atom is -0.449 e. The van der Waals surface area contributed by atoms with Gasteiger partial charge in [-0.2, -0.15) is 0 Å². The zero-order chi connectivity index (χ0) is 17.1. The lowest BCUT2D eigenvalue weighted by molar-refractivity contribution is 0.156. The number of amides is 1. The van der Waals surface area contributed by atoms with Gasteiger partial charge in [0.15, 0.2) is 0 Å². The zero-order valence-electron chi connectivity index (χ0n) is 13.8. The van der Waals surface area contributed by atoms with Gasteiger partial charge in [0.1, 0.15) is 0 Å². The summed E-state index contributed by atoms with van der Waals surface area (Å²) >= 11 is 0. The Morgan fingerprint density at radius 2 is 1.92 bits per heavy atom. The average Bonchev–Trinajstić information content (AvgIpc) is 2.61. The van der Waals surface area contributed by atoms with Crippen LogP contribution in [0.2, 0.25) is 0 Å². The van der Waals surface area contributed by atoms with E-state index < -0.39 is 12.2 Å². The molecular weight excluding hydrogens is 302 g/mol. The summed E-state index contributed by atoms with van der Waals surface area (Å²) in [4.78, 5) is 13.6. The molecule has 0 spiro atoms. The maximum Gasteiger partial charge on any atom is 0.418 e. The number of rotatable bonds is 3. The van der Waals surface area contributed by atoms with Gasteiger partial charge in [0.05, 0.1) is 18.4 Å². The lowest BCUT2D eigenvalue weighted by Gasteiger charge is -2.31. The third kappa shape index (κ3) is 2.93. The molecule has 1 N–H and O–H groups in total. The number of aryl methyl sites for hydroxylation is 1. The highest BCUT2D eigenvalue weighted by molar-refractivity contribution is 5.91. The summed E-state index contributed by atoms with van der Waals surface area (Å²) in [5.74, 6) is -0.215. The Morgan fingerprint density at radius 1 is 1.21 bits per heavy atom. The van der Waals surface area contributed by atoms with E-state index in [0.717, 1.165) is 22.4 Å². The maximum absolute atomic E-state index is 12.2. The zero-order valence-corrected chi connectivity index (χ0v) is 13.8. The van der Waals surface area contributed by atoms with Crippen molar-refractivity contribution in [3.63, 3.8) is 0 Å². The number of anilines is 1. The third-order valence-corrected chi connectivity index (χ3v) is 4.31. The molecule has 24 heavy (non-hydrogen) atoms. The van der Waals surface area contributed by atoms with Crippen molar-refractivity contribution in [2.24, 2.45) is 0 Å². The van der Waals surface area contributed by atoms with Crippen LogP contribution in [0.3, 0.4) is 0 Å². The molecule has 1 aliphatic heterocycles. The van der Waals surface area contributed by atoms with Crippen molar-refractivity contribution < 1.29 is 14.6 Å². The van der Waals surface area contributed by atoms with Crippen LogP contribution < -0.4 is 4.90 Å². The molecule has 4 heteroatoms. The number of benzene rings is 2. The fourth-order valence-corrected chi connectivity index (χ4v) is 3.09. The molecule has 0 saturated heterocycles. The first kappa shape index (κ1) is 16.3. The highest BCUT2D eigenvalue weighted by Crippen LogP contribution is 2.41. The van der Waals surface area contributed by atoms with Crippen molar-refractivity contribution in [2.75, 3.05) is 11.5 Å². The van der Waals surface area contributed by atoms with E-state index in [1.807, 2.05) is 61.5 Å². The number of carbonyl (C=O) groups excluding carboxylic acids is 1. The highest BCUT2D eigenvalue weighted by Gasteiger charge is 2.30. The Kier molecular flexibility index (Phi) is 4.67. The molecule has 2 unspecified atom stereocenters. The number of aliphatic hydroxyl groups excluding tert-OH is 1. The van der Waals surface area contributed by atoms with E-state index in [1.54, 1.807) is 13.1 Å². The summed E-state index contributed by atoms with van der Waals surface area (Å²) in [7, 11) is 0. The van der Waals surface area contributed by atoms with Gasteiger partial charge >= 0.3 is 6.09 Å². The SMILES string of the molecule is CCOC(=O)N1C=CC(C(O)c2ccccc2C)c2ccccc21. The quantitative estimate of drug-likeness (QED) is 0.916. The van der Waals surface area contributed by atoms with Crippen LogP contribution in [0.1, 0.15) is 35.6 Å². The molecule has 3 rings (SSSR count). The second-order valence-corrected chi connectivity index (χ2v) is 5.80. The molecule has 2 aromatic carbocycles. The second kappa shape index (κ2) is 6.89. The van der Waals surface area contributed by atoms with E-state index in [9.17, 15) is 9.90 Å². The molecule has 0 aliphatic carbocycles. The van der Waals surface area contributed by atoms with Crippen LogP contribution >= 0.6 is 0 Å². The van der Waals surface area contributed by atoms with Gasteiger partial charge in [0.2, 0.25) is 0 Å². The maximum atomic E-state index is 12.2. The second-order valence-electron chi connectivity index (χ2n) is 5.80. The van der Waals surface area contributed by atoms with Crippen LogP contribution in [0.25, 0.3) is 0 Å². The van der Waals surface area contributed by atoms with E-state index in [2.05, 4.69) is 0 Å². The standard InChI is InChI=1S/C20H21NO3/c1-3-24-20(23)21-13-12-17(16-10-6-7-11-18(16)21)19(22)15-9-5-4-8-14(15)2/h4-13,17,19,22H,3H2,1-2H3. The molecule has 0 aromatic heterocycles. The Hall–Kier alpha value is -2.59. The van der Waals surface area contributed by atoms with Crippen molar-refractivity contribution in [2.45, 2.75) is 25.9 Å². The third-order valence-electron chi connectivity index (χ3n) is 4.31. The molecule has 0 saturated carbocycles. The monoisotopic (exact) mass is 323 g/mol. The molecule has 1 heterocycles. The number of hydrogen-bond acceptors (Lipinski definition) is 3. The summed E-state index contributed by atoms with van der Waals surface area (Å²) in [5.41, 5.74) is 3.59. The van der Waals surface area contributed by atoms with Crippen LogP contribution in [0.15, 0.2) is 60.8 Å². The van der Waals surface area contributed by atoms with Gasteiger partial charge in [-0.3, -0.25) is 4.90 Å². The topological polar surface area (TPSA) is 49.8 Å². The smallest absolute Gasteiger partial charge is 0.418 e. The lowest BCUT2D eigenvalue weighted by atomic mass is 9.85. The normalized spacial score (nSPS) is 17.3. The van der Waals surface area contributed by atoms with E-state index in [4.69, 9.17) is 4.74 Å². The van der Waals surface area contributed by atoms with Gasteiger partial charge in [0.25, 0.3) is 0 Å². The fraction of sp³-hybridized carbons (Fsp3) is 0.250. The van der Waals surface area contributed by atoms with Crippen LogP contribution in [0, 0.1) is 6.92 Å². The van der Waals surface area contributed by atoms with E-state index in [0.29, 0.717) is 6.61 Å². The number of para-hydroxylation sites is 1. The van der Waals surface area contributed by atoms with E-state index in [-0.39, 0.29) is 5.92 Å². The van der Waals surface area contributed by atoms with Crippen LogP contribution in [0.5, 0.6) is 0 Å². The first-order valence-electron chi connectivity index (χ1n) is 8.10. The summed E-state index contributed by atoms with van der Waals surface area (Å²) < 4.78 is 5.11. The summed E-state index contributed by atoms with van der Waals surface area (Å²) in [5, 5.41) is 10.9. The number of fused-ring (bicyclic) bond motifs is 1. The van der Waals surface area contributed by atoms with Gasteiger partial charge in [-0.05, 0) is 36.6 Å². The number of hydrogen-bond donors (Lipinski definition) is 1. The number of nitrogens with zero attached hydrogens (tertiary/aromatic N) is 1. The van der Waals surface area contributed by atoms with Crippen LogP contribution in [0.4, 0.5) is 10.5 Å². The first-order chi connectivity index (χ1) is 11.6. The van der Waals surface area contributed by atoms with Gasteiger partial charge < -0.3 is 9.84 Å². The van der Waals surface area contributed by atoms with Crippen molar-refractivity contribution in [3.8, 4) is 0 Å². The summed E-state index contributed by atoms with van der Waals surface area (Å²) in [6, 6.07) is 15.4. The van der Waals surface area contributed by atoms with Crippen LogP contribution in [-0.2, 0) is 4.74 Å². The number of ether oxygens (including phenoxy) is 1. The molecule has 1 amide bonds. The number of aliphatic hydroxyl groups is 1. The van der Waals surface area contributed by atoms with E-state index >= 15 is 0 Å².